The van der Waals surface area contributed by atoms with Crippen LogP contribution in [0.4, 0.5) is 20.6 Å². The molecule has 1 heterocycles. The van der Waals surface area contributed by atoms with Gasteiger partial charge in [0, 0.05) is 10.7 Å². The largest absolute Gasteiger partial charge is 0.490 e. The van der Waals surface area contributed by atoms with Crippen molar-refractivity contribution in [1.29, 1.82) is 0 Å². The quantitative estimate of drug-likeness (QED) is 0.246. The lowest BCUT2D eigenvalue weighted by Gasteiger charge is -2.26. The second-order valence-corrected chi connectivity index (χ2v) is 9.76. The van der Waals surface area contributed by atoms with Crippen LogP contribution in [0.5, 0.6) is 11.5 Å². The van der Waals surface area contributed by atoms with E-state index in [0.717, 1.165) is 22.6 Å². The van der Waals surface area contributed by atoms with Gasteiger partial charge in [0.05, 0.1) is 16.8 Å². The molecule has 0 unspecified atom stereocenters. The first-order valence-corrected chi connectivity index (χ1v) is 13.1. The molecule has 1 saturated heterocycles. The number of ether oxygens (including phenoxy) is 2. The highest BCUT2D eigenvalue weighted by Crippen LogP contribution is 2.38. The third kappa shape index (κ3) is 6.49. The lowest BCUT2D eigenvalue weighted by Crippen LogP contribution is -2.54. The van der Waals surface area contributed by atoms with Crippen LogP contribution >= 0.6 is 27.5 Å². The van der Waals surface area contributed by atoms with Crippen molar-refractivity contribution in [1.82, 2.24) is 5.32 Å². The Kier molecular flexibility index (Phi) is 8.86. The van der Waals surface area contributed by atoms with Crippen molar-refractivity contribution in [3.05, 3.63) is 86.6 Å². The Morgan fingerprint density at radius 3 is 2.50 bits per heavy atom. The third-order valence-corrected chi connectivity index (χ3v) is 6.63. The van der Waals surface area contributed by atoms with Gasteiger partial charge < -0.3 is 14.8 Å². The maximum absolute atomic E-state index is 13.3. The summed E-state index contributed by atoms with van der Waals surface area (Å²) >= 11 is 9.51. The fourth-order valence-corrected chi connectivity index (χ4v) is 4.48. The SMILES string of the molecule is CCOc1cc(/C=C2\C(=O)NC(=O)N(c3ccc(F)cc3)C2=O)cc(Br)c1OCC(=O)Nc1ccc(C)c(Cl)c1. The van der Waals surface area contributed by atoms with Crippen molar-refractivity contribution in [2.75, 3.05) is 23.4 Å². The zero-order chi connectivity index (χ0) is 29.0. The molecule has 0 radical (unpaired) electrons. The molecule has 0 bridgehead atoms. The van der Waals surface area contributed by atoms with E-state index in [0.29, 0.717) is 20.7 Å². The molecule has 0 aliphatic carbocycles. The monoisotopic (exact) mass is 629 g/mol. The Balaban J connectivity index is 1.57. The smallest absolute Gasteiger partial charge is 0.335 e. The standard InChI is InChI=1S/C28H22BrClFN3O6/c1-3-39-23-12-16(10-20-26(36)33-28(38)34(27(20)37)19-8-5-17(31)6-9-19)11-21(29)25(23)40-14-24(35)32-18-7-4-15(2)22(30)13-18/h4-13H,3,14H2,1-2H3,(H,32,35)(H,33,36,38)/b20-10+. The second kappa shape index (κ2) is 12.3. The van der Waals surface area contributed by atoms with Crippen molar-refractivity contribution in [3.8, 4) is 11.5 Å². The van der Waals surface area contributed by atoms with Gasteiger partial charge in [-0.3, -0.25) is 19.7 Å². The van der Waals surface area contributed by atoms with Crippen molar-refractivity contribution >= 4 is 68.7 Å². The Morgan fingerprint density at radius 1 is 1.10 bits per heavy atom. The molecular weight excluding hydrogens is 609 g/mol. The van der Waals surface area contributed by atoms with E-state index >= 15 is 0 Å². The molecule has 0 atom stereocenters. The summed E-state index contributed by atoms with van der Waals surface area (Å²) in [6.45, 7) is 3.51. The topological polar surface area (TPSA) is 114 Å². The van der Waals surface area contributed by atoms with Gasteiger partial charge in [-0.1, -0.05) is 17.7 Å². The normalized spacial score (nSPS) is 14.3. The number of barbiturate groups is 1. The predicted molar refractivity (Wildman–Crippen MR) is 151 cm³/mol. The van der Waals surface area contributed by atoms with Crippen molar-refractivity contribution in [2.24, 2.45) is 0 Å². The van der Waals surface area contributed by atoms with Crippen LogP contribution in [0.25, 0.3) is 6.08 Å². The Bertz CT molecular complexity index is 1540. The molecule has 1 fully saturated rings. The van der Waals surface area contributed by atoms with Gasteiger partial charge in [-0.25, -0.2) is 14.1 Å². The van der Waals surface area contributed by atoms with Crippen LogP contribution in [0.15, 0.2) is 64.6 Å². The highest BCUT2D eigenvalue weighted by molar-refractivity contribution is 9.10. The first-order chi connectivity index (χ1) is 19.1. The molecule has 12 heteroatoms. The van der Waals surface area contributed by atoms with E-state index in [1.165, 1.54) is 24.3 Å². The van der Waals surface area contributed by atoms with E-state index in [4.69, 9.17) is 21.1 Å². The Morgan fingerprint density at radius 2 is 1.82 bits per heavy atom. The summed E-state index contributed by atoms with van der Waals surface area (Å²) in [5.41, 5.74) is 1.52. The molecule has 1 aliphatic heterocycles. The van der Waals surface area contributed by atoms with Crippen LogP contribution in [0, 0.1) is 12.7 Å². The van der Waals surface area contributed by atoms with Crippen molar-refractivity contribution < 1.29 is 33.0 Å². The average molecular weight is 631 g/mol. The number of nitrogens with zero attached hydrogens (tertiary/aromatic N) is 1. The summed E-state index contributed by atoms with van der Waals surface area (Å²) in [4.78, 5) is 51.3. The van der Waals surface area contributed by atoms with Gasteiger partial charge in [0.2, 0.25) is 0 Å². The molecule has 2 N–H and O–H groups in total. The molecule has 0 spiro atoms. The minimum Gasteiger partial charge on any atom is -0.490 e. The predicted octanol–water partition coefficient (Wildman–Crippen LogP) is 5.63. The van der Waals surface area contributed by atoms with Crippen LogP contribution in [-0.2, 0) is 14.4 Å². The van der Waals surface area contributed by atoms with E-state index in [2.05, 4.69) is 26.6 Å². The second-order valence-electron chi connectivity index (χ2n) is 8.50. The molecule has 206 valence electrons. The molecule has 9 nitrogen and oxygen atoms in total. The number of hydrogen-bond donors (Lipinski definition) is 2. The van der Waals surface area contributed by atoms with E-state index in [1.54, 1.807) is 31.2 Å². The van der Waals surface area contributed by atoms with Gasteiger partial charge in [-0.15, -0.1) is 0 Å². The molecule has 0 saturated carbocycles. The summed E-state index contributed by atoms with van der Waals surface area (Å²) < 4.78 is 25.1. The number of rotatable bonds is 8. The third-order valence-electron chi connectivity index (χ3n) is 5.63. The maximum atomic E-state index is 13.3. The lowest BCUT2D eigenvalue weighted by molar-refractivity contribution is -0.122. The number of carbonyl (C=O) groups excluding carboxylic acids is 4. The molecule has 3 aromatic carbocycles. The number of hydrogen-bond acceptors (Lipinski definition) is 6. The number of nitrogens with one attached hydrogen (secondary N) is 2. The summed E-state index contributed by atoms with van der Waals surface area (Å²) in [5, 5.41) is 5.33. The number of benzene rings is 3. The summed E-state index contributed by atoms with van der Waals surface area (Å²) in [5.74, 6) is -2.30. The molecule has 40 heavy (non-hydrogen) atoms. The van der Waals surface area contributed by atoms with E-state index in [-0.39, 0.29) is 36.0 Å². The maximum Gasteiger partial charge on any atom is 0.335 e. The number of anilines is 2. The van der Waals surface area contributed by atoms with Crippen molar-refractivity contribution in [3.63, 3.8) is 0 Å². The van der Waals surface area contributed by atoms with Crippen LogP contribution in [0.3, 0.4) is 0 Å². The molecule has 1 aliphatic rings. The zero-order valence-corrected chi connectivity index (χ0v) is 23.6. The number of amides is 5. The van der Waals surface area contributed by atoms with Gasteiger partial charge in [-0.2, -0.15) is 0 Å². The van der Waals surface area contributed by atoms with Gasteiger partial charge >= 0.3 is 6.03 Å². The molecule has 3 aromatic rings. The van der Waals surface area contributed by atoms with E-state index < -0.39 is 29.6 Å². The van der Waals surface area contributed by atoms with Gasteiger partial charge in [0.25, 0.3) is 17.7 Å². The number of aryl methyl sites for hydroxylation is 1. The van der Waals surface area contributed by atoms with Crippen LogP contribution in [-0.4, -0.2) is 37.0 Å². The number of urea groups is 1. The summed E-state index contributed by atoms with van der Waals surface area (Å²) in [7, 11) is 0. The van der Waals surface area contributed by atoms with Crippen molar-refractivity contribution in [2.45, 2.75) is 13.8 Å². The highest BCUT2D eigenvalue weighted by atomic mass is 79.9. The van der Waals surface area contributed by atoms with Crippen LogP contribution < -0.4 is 25.0 Å². The van der Waals surface area contributed by atoms with Crippen LogP contribution in [0.1, 0.15) is 18.1 Å². The first-order valence-electron chi connectivity index (χ1n) is 11.9. The van der Waals surface area contributed by atoms with E-state index in [1.807, 2.05) is 6.92 Å². The average Bonchev–Trinajstić information content (AvgIpc) is 2.89. The Labute approximate surface area is 242 Å². The molecule has 5 amide bonds. The number of halogens is 3. The van der Waals surface area contributed by atoms with Crippen LogP contribution in [0.2, 0.25) is 5.02 Å². The Hall–Kier alpha value is -4.22. The fourth-order valence-electron chi connectivity index (χ4n) is 3.73. The highest BCUT2D eigenvalue weighted by Gasteiger charge is 2.37. The molecule has 4 rings (SSSR count). The van der Waals surface area contributed by atoms with Gasteiger partial charge in [-0.05, 0) is 95.5 Å². The van der Waals surface area contributed by atoms with Gasteiger partial charge in [0.15, 0.2) is 18.1 Å². The summed E-state index contributed by atoms with van der Waals surface area (Å²) in [6, 6.07) is 11.9. The molecule has 0 aromatic heterocycles. The first kappa shape index (κ1) is 28.8. The number of imide groups is 2. The van der Waals surface area contributed by atoms with E-state index in [9.17, 15) is 23.6 Å². The minimum atomic E-state index is -0.954. The fraction of sp³-hybridized carbons (Fsp3) is 0.143. The number of carbonyl (C=O) groups is 4. The zero-order valence-electron chi connectivity index (χ0n) is 21.2. The minimum absolute atomic E-state index is 0.0911. The summed E-state index contributed by atoms with van der Waals surface area (Å²) in [6.07, 6.45) is 1.28. The molecular formula is C28H22BrClFN3O6. The lowest BCUT2D eigenvalue weighted by atomic mass is 10.1. The van der Waals surface area contributed by atoms with Gasteiger partial charge in [0.1, 0.15) is 11.4 Å².